The van der Waals surface area contributed by atoms with Crippen molar-refractivity contribution in [3.63, 3.8) is 0 Å². The fourth-order valence-corrected chi connectivity index (χ4v) is 2.79. The molecule has 0 unspecified atom stereocenters. The van der Waals surface area contributed by atoms with E-state index in [1.54, 1.807) is 6.92 Å². The van der Waals surface area contributed by atoms with Crippen molar-refractivity contribution in [2.75, 3.05) is 25.4 Å². The molecule has 1 aliphatic heterocycles. The van der Waals surface area contributed by atoms with Crippen molar-refractivity contribution in [3.05, 3.63) is 0 Å². The predicted octanol–water partition coefficient (Wildman–Crippen LogP) is -0.0249. The summed E-state index contributed by atoms with van der Waals surface area (Å²) in [6, 6.07) is 0. The highest BCUT2D eigenvalue weighted by Crippen LogP contribution is 2.13. The fraction of sp³-hybridized carbons (Fsp3) is 0.875. The summed E-state index contributed by atoms with van der Waals surface area (Å²) in [7, 11) is -3.42. The van der Waals surface area contributed by atoms with E-state index in [0.717, 1.165) is 12.8 Å². The topological polar surface area (TPSA) is 63.7 Å². The standard InChI is InChI=1S/C8H15NO4S/c1-2-13-8(10)7-14(11,12)9-5-3-4-6-9/h2-7H2,1H3. The number of nitrogens with zero attached hydrogens (tertiary/aromatic N) is 1. The molecule has 1 aliphatic rings. The molecule has 1 saturated heterocycles. The van der Waals surface area contributed by atoms with E-state index in [0.29, 0.717) is 13.1 Å². The SMILES string of the molecule is CCOC(=O)CS(=O)(=O)N1CCCC1. The van der Waals surface area contributed by atoms with Gasteiger partial charge in [-0.15, -0.1) is 0 Å². The Morgan fingerprint density at radius 3 is 2.43 bits per heavy atom. The van der Waals surface area contributed by atoms with Crippen molar-refractivity contribution < 1.29 is 17.9 Å². The van der Waals surface area contributed by atoms with Crippen LogP contribution in [0.4, 0.5) is 0 Å². The number of rotatable bonds is 4. The largest absolute Gasteiger partial charge is 0.465 e. The molecule has 0 aromatic heterocycles. The summed E-state index contributed by atoms with van der Waals surface area (Å²) in [5.41, 5.74) is 0. The van der Waals surface area contributed by atoms with E-state index >= 15 is 0 Å². The molecule has 0 aromatic carbocycles. The lowest BCUT2D eigenvalue weighted by molar-refractivity contribution is -0.140. The third kappa shape index (κ3) is 2.95. The molecular weight excluding hydrogens is 206 g/mol. The zero-order chi connectivity index (χ0) is 10.6. The second-order valence-corrected chi connectivity index (χ2v) is 5.14. The highest BCUT2D eigenvalue weighted by atomic mass is 32.2. The van der Waals surface area contributed by atoms with Gasteiger partial charge in [0.2, 0.25) is 10.0 Å². The molecule has 0 N–H and O–H groups in total. The minimum absolute atomic E-state index is 0.217. The zero-order valence-electron chi connectivity index (χ0n) is 8.23. The number of hydrogen-bond acceptors (Lipinski definition) is 4. The van der Waals surface area contributed by atoms with Gasteiger partial charge < -0.3 is 4.74 Å². The van der Waals surface area contributed by atoms with Gasteiger partial charge in [0.1, 0.15) is 0 Å². The van der Waals surface area contributed by atoms with Crippen molar-refractivity contribution in [1.82, 2.24) is 4.31 Å². The predicted molar refractivity (Wildman–Crippen MR) is 51.2 cm³/mol. The highest BCUT2D eigenvalue weighted by Gasteiger charge is 2.28. The van der Waals surface area contributed by atoms with Gasteiger partial charge in [-0.3, -0.25) is 4.79 Å². The van der Waals surface area contributed by atoms with Gasteiger partial charge in [-0.05, 0) is 19.8 Å². The first kappa shape index (κ1) is 11.5. The number of hydrogen-bond donors (Lipinski definition) is 0. The van der Waals surface area contributed by atoms with Gasteiger partial charge in [-0.25, -0.2) is 12.7 Å². The number of sulfonamides is 1. The van der Waals surface area contributed by atoms with E-state index < -0.39 is 21.7 Å². The summed E-state index contributed by atoms with van der Waals surface area (Å²) in [6.07, 6.45) is 1.75. The van der Waals surface area contributed by atoms with E-state index in [1.165, 1.54) is 4.31 Å². The first-order chi connectivity index (χ1) is 6.56. The number of carbonyl (C=O) groups is 1. The van der Waals surface area contributed by atoms with Crippen LogP contribution in [0.1, 0.15) is 19.8 Å². The van der Waals surface area contributed by atoms with E-state index in [-0.39, 0.29) is 6.61 Å². The van der Waals surface area contributed by atoms with Crippen LogP contribution in [0, 0.1) is 0 Å². The maximum absolute atomic E-state index is 11.5. The van der Waals surface area contributed by atoms with Crippen LogP contribution in [-0.4, -0.2) is 44.1 Å². The Hall–Kier alpha value is -0.620. The van der Waals surface area contributed by atoms with Crippen LogP contribution >= 0.6 is 0 Å². The molecule has 0 bridgehead atoms. The Kier molecular flexibility index (Phi) is 3.88. The third-order valence-electron chi connectivity index (χ3n) is 2.06. The molecule has 0 aromatic rings. The van der Waals surface area contributed by atoms with E-state index in [9.17, 15) is 13.2 Å². The molecule has 1 heterocycles. The van der Waals surface area contributed by atoms with E-state index in [1.807, 2.05) is 0 Å². The van der Waals surface area contributed by atoms with Crippen molar-refractivity contribution in [2.45, 2.75) is 19.8 Å². The number of esters is 1. The molecule has 1 rings (SSSR count). The Bertz CT molecular complexity index is 292. The lowest BCUT2D eigenvalue weighted by Gasteiger charge is -2.14. The monoisotopic (exact) mass is 221 g/mol. The Labute approximate surface area is 84.1 Å². The van der Waals surface area contributed by atoms with Crippen LogP contribution in [0.15, 0.2) is 0 Å². The van der Waals surface area contributed by atoms with Gasteiger partial charge >= 0.3 is 5.97 Å². The number of ether oxygens (including phenoxy) is 1. The Balaban J connectivity index is 2.52. The fourth-order valence-electron chi connectivity index (χ4n) is 1.41. The molecular formula is C8H15NO4S. The first-order valence-electron chi connectivity index (χ1n) is 4.69. The van der Waals surface area contributed by atoms with Crippen molar-refractivity contribution in [1.29, 1.82) is 0 Å². The average molecular weight is 221 g/mol. The second-order valence-electron chi connectivity index (χ2n) is 3.17. The normalized spacial score (nSPS) is 18.4. The summed E-state index contributed by atoms with van der Waals surface area (Å²) in [5.74, 6) is -1.19. The lowest BCUT2D eigenvalue weighted by atomic mass is 10.4. The zero-order valence-corrected chi connectivity index (χ0v) is 9.05. The highest BCUT2D eigenvalue weighted by molar-refractivity contribution is 7.89. The molecule has 82 valence electrons. The van der Waals surface area contributed by atoms with Crippen LogP contribution in [0.3, 0.4) is 0 Å². The molecule has 0 spiro atoms. The molecule has 1 fully saturated rings. The first-order valence-corrected chi connectivity index (χ1v) is 6.30. The second kappa shape index (κ2) is 4.75. The van der Waals surface area contributed by atoms with Gasteiger partial charge in [0.25, 0.3) is 0 Å². The molecule has 6 heteroatoms. The molecule has 0 radical (unpaired) electrons. The maximum atomic E-state index is 11.5. The average Bonchev–Trinajstić information content (AvgIpc) is 2.54. The van der Waals surface area contributed by atoms with Crippen molar-refractivity contribution in [2.24, 2.45) is 0 Å². The van der Waals surface area contributed by atoms with Crippen LogP contribution in [0.2, 0.25) is 0 Å². The van der Waals surface area contributed by atoms with Crippen LogP contribution in [0.5, 0.6) is 0 Å². The minimum atomic E-state index is -3.42. The van der Waals surface area contributed by atoms with Crippen LogP contribution in [-0.2, 0) is 19.6 Å². The van der Waals surface area contributed by atoms with Crippen LogP contribution in [0.25, 0.3) is 0 Å². The Morgan fingerprint density at radius 2 is 1.93 bits per heavy atom. The van der Waals surface area contributed by atoms with Gasteiger partial charge in [-0.2, -0.15) is 0 Å². The summed E-state index contributed by atoms with van der Waals surface area (Å²) < 4.78 is 29.0. The van der Waals surface area contributed by atoms with Gasteiger partial charge in [-0.1, -0.05) is 0 Å². The minimum Gasteiger partial charge on any atom is -0.465 e. The molecule has 0 atom stereocenters. The van der Waals surface area contributed by atoms with E-state index in [4.69, 9.17) is 0 Å². The summed E-state index contributed by atoms with van der Waals surface area (Å²) in [6.45, 7) is 2.93. The summed E-state index contributed by atoms with van der Waals surface area (Å²) in [4.78, 5) is 11.0. The number of carbonyl (C=O) groups excluding carboxylic acids is 1. The van der Waals surface area contributed by atoms with Gasteiger partial charge in [0, 0.05) is 13.1 Å². The van der Waals surface area contributed by atoms with E-state index in [2.05, 4.69) is 4.74 Å². The van der Waals surface area contributed by atoms with Gasteiger partial charge in [0.15, 0.2) is 5.75 Å². The molecule has 0 saturated carbocycles. The maximum Gasteiger partial charge on any atom is 0.322 e. The molecule has 0 amide bonds. The molecule has 5 nitrogen and oxygen atoms in total. The Morgan fingerprint density at radius 1 is 1.36 bits per heavy atom. The van der Waals surface area contributed by atoms with Crippen LogP contribution < -0.4 is 0 Å². The molecule has 14 heavy (non-hydrogen) atoms. The van der Waals surface area contributed by atoms with Crippen molar-refractivity contribution >= 4 is 16.0 Å². The van der Waals surface area contributed by atoms with Crippen molar-refractivity contribution in [3.8, 4) is 0 Å². The lowest BCUT2D eigenvalue weighted by Crippen LogP contribution is -2.33. The smallest absolute Gasteiger partial charge is 0.322 e. The summed E-state index contributed by atoms with van der Waals surface area (Å²) >= 11 is 0. The third-order valence-corrected chi connectivity index (χ3v) is 3.82. The quantitative estimate of drug-likeness (QED) is 0.626. The van der Waals surface area contributed by atoms with Gasteiger partial charge in [0.05, 0.1) is 6.61 Å². The summed E-state index contributed by atoms with van der Waals surface area (Å²) in [5, 5.41) is 0. The molecule has 0 aliphatic carbocycles.